The molecule has 0 aromatic carbocycles. The molecule has 0 radical (unpaired) electrons. The summed E-state index contributed by atoms with van der Waals surface area (Å²) in [5, 5.41) is 5.65. The summed E-state index contributed by atoms with van der Waals surface area (Å²) in [6.07, 6.45) is 0. The van der Waals surface area contributed by atoms with Gasteiger partial charge in [-0.05, 0) is 6.07 Å². The Bertz CT molecular complexity index is 282. The number of rotatable bonds is 1. The fourth-order valence-corrected chi connectivity index (χ4v) is 0.541. The number of H-pyrrole nitrogens is 1. The molecule has 0 unspecified atom stereocenters. The molecule has 0 aliphatic heterocycles. The van der Waals surface area contributed by atoms with Gasteiger partial charge in [0.15, 0.2) is 5.78 Å². The molecule has 0 fully saturated rings. The summed E-state index contributed by atoms with van der Waals surface area (Å²) in [5.41, 5.74) is -0.0235. The van der Waals surface area contributed by atoms with Crippen LogP contribution in [0.4, 0.5) is 0 Å². The number of ketones is 1. The molecule has 1 heterocycles. The van der Waals surface area contributed by atoms with Crippen molar-refractivity contribution >= 4 is 5.78 Å². The van der Waals surface area contributed by atoms with Gasteiger partial charge in [0.25, 0.3) is 5.56 Å². The van der Waals surface area contributed by atoms with Crippen molar-refractivity contribution in [1.29, 1.82) is 0 Å². The first-order valence-electron chi connectivity index (χ1n) is 2.77. The summed E-state index contributed by atoms with van der Waals surface area (Å²) in [7, 11) is 0. The average Bonchev–Trinajstić information content (AvgIpc) is 1.88. The smallest absolute Gasteiger partial charge is 0.264 e. The predicted octanol–water partition coefficient (Wildman–Crippen LogP) is -0.0275. The molecule has 0 spiro atoms. The van der Waals surface area contributed by atoms with Crippen LogP contribution in [0.1, 0.15) is 17.4 Å². The predicted molar refractivity (Wildman–Crippen MR) is 34.9 cm³/mol. The number of nitrogens with one attached hydrogen (secondary N) is 1. The van der Waals surface area contributed by atoms with E-state index < -0.39 is 0 Å². The van der Waals surface area contributed by atoms with Crippen LogP contribution in [0.15, 0.2) is 16.9 Å². The van der Waals surface area contributed by atoms with Crippen LogP contribution in [-0.2, 0) is 0 Å². The summed E-state index contributed by atoms with van der Waals surface area (Å²) in [4.78, 5) is 21.0. The highest BCUT2D eigenvalue weighted by Gasteiger charge is 1.97. The molecule has 1 N–H and O–H groups in total. The molecule has 0 saturated carbocycles. The standard InChI is InChI=1S/C6H6N2O2/c1-4(9)5-2-3-6(10)8-7-5/h2-3H,1H3,(H,8,10). The molecule has 0 amide bonds. The van der Waals surface area contributed by atoms with Gasteiger partial charge in [0.1, 0.15) is 5.69 Å². The number of aromatic amines is 1. The van der Waals surface area contributed by atoms with Gasteiger partial charge in [-0.1, -0.05) is 0 Å². The molecular formula is C6H6N2O2. The van der Waals surface area contributed by atoms with Crippen molar-refractivity contribution in [2.45, 2.75) is 6.92 Å². The third kappa shape index (κ3) is 1.28. The molecular weight excluding hydrogens is 132 g/mol. The molecule has 1 aromatic heterocycles. The minimum Gasteiger partial charge on any atom is -0.293 e. The van der Waals surface area contributed by atoms with E-state index in [0.717, 1.165) is 0 Å². The fraction of sp³-hybridized carbons (Fsp3) is 0.167. The van der Waals surface area contributed by atoms with Crippen LogP contribution in [0.25, 0.3) is 0 Å². The lowest BCUT2D eigenvalue weighted by atomic mass is 10.3. The van der Waals surface area contributed by atoms with Gasteiger partial charge in [-0.25, -0.2) is 5.10 Å². The van der Waals surface area contributed by atoms with Gasteiger partial charge in [0.05, 0.1) is 0 Å². The third-order valence-corrected chi connectivity index (χ3v) is 1.04. The van der Waals surface area contributed by atoms with Crippen LogP contribution in [0, 0.1) is 0 Å². The van der Waals surface area contributed by atoms with Gasteiger partial charge in [0, 0.05) is 13.0 Å². The van der Waals surface area contributed by atoms with Crippen molar-refractivity contribution < 1.29 is 4.79 Å². The summed E-state index contributed by atoms with van der Waals surface area (Å²) >= 11 is 0. The largest absolute Gasteiger partial charge is 0.293 e. The summed E-state index contributed by atoms with van der Waals surface area (Å²) < 4.78 is 0. The Morgan fingerprint density at radius 1 is 1.60 bits per heavy atom. The maximum Gasteiger partial charge on any atom is 0.264 e. The van der Waals surface area contributed by atoms with Gasteiger partial charge in [0.2, 0.25) is 0 Å². The lowest BCUT2D eigenvalue weighted by molar-refractivity contribution is 0.101. The van der Waals surface area contributed by atoms with Gasteiger partial charge < -0.3 is 0 Å². The van der Waals surface area contributed by atoms with Crippen molar-refractivity contribution in [3.8, 4) is 0 Å². The summed E-state index contributed by atoms with van der Waals surface area (Å²) in [5.74, 6) is -0.156. The van der Waals surface area contributed by atoms with Gasteiger partial charge >= 0.3 is 0 Å². The molecule has 0 bridgehead atoms. The molecule has 1 aromatic rings. The molecule has 4 nitrogen and oxygen atoms in total. The van der Waals surface area contributed by atoms with Crippen molar-refractivity contribution in [3.05, 3.63) is 28.2 Å². The Morgan fingerprint density at radius 3 is 2.70 bits per heavy atom. The van der Waals surface area contributed by atoms with E-state index in [-0.39, 0.29) is 17.0 Å². The maximum atomic E-state index is 10.6. The zero-order valence-corrected chi connectivity index (χ0v) is 5.42. The average molecular weight is 138 g/mol. The normalized spacial score (nSPS) is 9.30. The Labute approximate surface area is 56.9 Å². The SMILES string of the molecule is CC(=O)c1ccc(=O)[nH]n1. The van der Waals surface area contributed by atoms with E-state index in [0.29, 0.717) is 0 Å². The molecule has 4 heteroatoms. The number of carbonyl (C=O) groups is 1. The Hall–Kier alpha value is -1.45. The van der Waals surface area contributed by atoms with Gasteiger partial charge in [-0.15, -0.1) is 0 Å². The van der Waals surface area contributed by atoms with E-state index >= 15 is 0 Å². The first-order valence-corrected chi connectivity index (χ1v) is 2.77. The zero-order valence-electron chi connectivity index (χ0n) is 5.42. The number of nitrogens with zero attached hydrogens (tertiary/aromatic N) is 1. The van der Waals surface area contributed by atoms with Crippen LogP contribution in [0.3, 0.4) is 0 Å². The highest BCUT2D eigenvalue weighted by molar-refractivity contribution is 5.91. The van der Waals surface area contributed by atoms with Crippen LogP contribution >= 0.6 is 0 Å². The number of hydrogen-bond donors (Lipinski definition) is 1. The third-order valence-electron chi connectivity index (χ3n) is 1.04. The Morgan fingerprint density at radius 2 is 2.30 bits per heavy atom. The Kier molecular flexibility index (Phi) is 1.62. The van der Waals surface area contributed by atoms with E-state index in [2.05, 4.69) is 10.2 Å². The fourth-order valence-electron chi connectivity index (χ4n) is 0.541. The lowest BCUT2D eigenvalue weighted by Gasteiger charge is -1.88. The van der Waals surface area contributed by atoms with Crippen LogP contribution in [-0.4, -0.2) is 16.0 Å². The Balaban J connectivity index is 3.12. The monoisotopic (exact) mass is 138 g/mol. The molecule has 10 heavy (non-hydrogen) atoms. The first-order chi connectivity index (χ1) is 4.70. The molecule has 1 rings (SSSR count). The quantitative estimate of drug-likeness (QED) is 0.554. The second-order valence-corrected chi connectivity index (χ2v) is 1.86. The van der Waals surface area contributed by atoms with Crippen molar-refractivity contribution in [1.82, 2.24) is 10.2 Å². The molecule has 0 aliphatic carbocycles. The molecule has 52 valence electrons. The van der Waals surface area contributed by atoms with Gasteiger partial charge in [-0.3, -0.25) is 9.59 Å². The number of carbonyl (C=O) groups excluding carboxylic acids is 1. The lowest BCUT2D eigenvalue weighted by Crippen LogP contribution is -2.09. The second-order valence-electron chi connectivity index (χ2n) is 1.86. The molecule has 0 saturated heterocycles. The molecule has 0 atom stereocenters. The van der Waals surface area contributed by atoms with Crippen LogP contribution < -0.4 is 5.56 Å². The van der Waals surface area contributed by atoms with E-state index in [1.54, 1.807) is 0 Å². The summed E-state index contributed by atoms with van der Waals surface area (Å²) in [6.45, 7) is 1.39. The zero-order chi connectivity index (χ0) is 7.56. The molecule has 0 aliphatic rings. The number of Topliss-reactive ketones (excluding diaryl/α,β-unsaturated/α-hetero) is 1. The van der Waals surface area contributed by atoms with Crippen molar-refractivity contribution in [3.63, 3.8) is 0 Å². The topological polar surface area (TPSA) is 62.8 Å². The number of aromatic nitrogens is 2. The van der Waals surface area contributed by atoms with E-state index in [4.69, 9.17) is 0 Å². The minimum absolute atomic E-state index is 0.156. The van der Waals surface area contributed by atoms with E-state index in [9.17, 15) is 9.59 Å². The number of hydrogen-bond acceptors (Lipinski definition) is 3. The minimum atomic E-state index is -0.301. The van der Waals surface area contributed by atoms with E-state index in [1.807, 2.05) is 0 Å². The summed E-state index contributed by atoms with van der Waals surface area (Å²) in [6, 6.07) is 2.66. The van der Waals surface area contributed by atoms with Crippen molar-refractivity contribution in [2.24, 2.45) is 0 Å². The highest BCUT2D eigenvalue weighted by Crippen LogP contribution is 1.87. The van der Waals surface area contributed by atoms with E-state index in [1.165, 1.54) is 19.1 Å². The van der Waals surface area contributed by atoms with Crippen molar-refractivity contribution in [2.75, 3.05) is 0 Å². The maximum absolute atomic E-state index is 10.6. The van der Waals surface area contributed by atoms with Crippen LogP contribution in [0.2, 0.25) is 0 Å². The second kappa shape index (κ2) is 2.43. The highest BCUT2D eigenvalue weighted by atomic mass is 16.1. The first kappa shape index (κ1) is 6.67. The van der Waals surface area contributed by atoms with Crippen LogP contribution in [0.5, 0.6) is 0 Å². The van der Waals surface area contributed by atoms with Gasteiger partial charge in [-0.2, -0.15) is 5.10 Å².